The molecule has 0 aromatic heterocycles. The first-order chi connectivity index (χ1) is 6.65. The quantitative estimate of drug-likeness (QED) is 0.837. The lowest BCUT2D eigenvalue weighted by atomic mass is 10.0. The maximum atomic E-state index is 13.4. The number of hydrogen-bond donors (Lipinski definition) is 2. The highest BCUT2D eigenvalue weighted by atomic mass is 35.5. The zero-order valence-corrected chi connectivity index (χ0v) is 9.69. The van der Waals surface area contributed by atoms with Gasteiger partial charge < -0.3 is 11.5 Å². The molecule has 4 N–H and O–H groups in total. The first-order valence-electron chi connectivity index (χ1n) is 4.87. The van der Waals surface area contributed by atoms with Crippen molar-refractivity contribution in [3.63, 3.8) is 0 Å². The Balaban J connectivity index is 0.00000196. The normalized spacial score (nSPS) is 12.0. The first kappa shape index (κ1) is 14.4. The fraction of sp³-hybridized carbons (Fsp3) is 0.455. The minimum Gasteiger partial charge on any atom is -0.330 e. The van der Waals surface area contributed by atoms with Gasteiger partial charge in [-0.15, -0.1) is 12.4 Å². The van der Waals surface area contributed by atoms with Crippen LogP contribution in [0.5, 0.6) is 0 Å². The Morgan fingerprint density at radius 2 is 2.07 bits per heavy atom. The summed E-state index contributed by atoms with van der Waals surface area (Å²) in [6.07, 6.45) is 1.56. The highest BCUT2D eigenvalue weighted by molar-refractivity contribution is 5.85. The third-order valence-corrected chi connectivity index (χ3v) is 2.27. The summed E-state index contributed by atoms with van der Waals surface area (Å²) in [6.45, 7) is 2.46. The average molecular weight is 233 g/mol. The molecule has 2 nitrogen and oxygen atoms in total. The van der Waals surface area contributed by atoms with Gasteiger partial charge in [-0.3, -0.25) is 0 Å². The second-order valence-corrected chi connectivity index (χ2v) is 3.56. The Morgan fingerprint density at radius 1 is 1.40 bits per heavy atom. The van der Waals surface area contributed by atoms with Gasteiger partial charge in [0, 0.05) is 11.6 Å². The van der Waals surface area contributed by atoms with E-state index >= 15 is 0 Å². The van der Waals surface area contributed by atoms with Crippen molar-refractivity contribution >= 4 is 12.4 Å². The number of nitrogens with two attached hydrogens (primary N) is 2. The maximum Gasteiger partial charge on any atom is 0.128 e. The molecule has 0 saturated heterocycles. The molecule has 0 radical (unpaired) electrons. The van der Waals surface area contributed by atoms with Crippen LogP contribution < -0.4 is 11.5 Å². The van der Waals surface area contributed by atoms with E-state index in [0.29, 0.717) is 12.1 Å². The third kappa shape index (κ3) is 4.16. The molecule has 0 aliphatic carbocycles. The molecule has 1 aromatic rings. The van der Waals surface area contributed by atoms with E-state index in [4.69, 9.17) is 11.5 Å². The standard InChI is InChI=1S/C11H17FN2.ClH/c1-8-4-5-9(10(12)7-8)11(14)3-2-6-13;/h4-5,7,11H,2-3,6,13-14H2,1H3;1H/t11-;/m0./s1. The van der Waals surface area contributed by atoms with Crippen LogP contribution in [-0.4, -0.2) is 6.54 Å². The van der Waals surface area contributed by atoms with Crippen molar-refractivity contribution in [2.45, 2.75) is 25.8 Å². The molecule has 0 unspecified atom stereocenters. The third-order valence-electron chi connectivity index (χ3n) is 2.27. The van der Waals surface area contributed by atoms with Crippen LogP contribution >= 0.6 is 12.4 Å². The lowest BCUT2D eigenvalue weighted by Crippen LogP contribution is -2.14. The minimum absolute atomic E-state index is 0. The van der Waals surface area contributed by atoms with Crippen molar-refractivity contribution in [2.75, 3.05) is 6.54 Å². The Labute approximate surface area is 96.3 Å². The maximum absolute atomic E-state index is 13.4. The SMILES string of the molecule is Cc1ccc([C@@H](N)CCCN)c(F)c1.Cl. The van der Waals surface area contributed by atoms with Crippen LogP contribution in [0.3, 0.4) is 0 Å². The van der Waals surface area contributed by atoms with Gasteiger partial charge in [0.25, 0.3) is 0 Å². The molecule has 0 bridgehead atoms. The van der Waals surface area contributed by atoms with Gasteiger partial charge >= 0.3 is 0 Å². The molecule has 0 fully saturated rings. The minimum atomic E-state index is -0.237. The van der Waals surface area contributed by atoms with Gasteiger partial charge in [-0.25, -0.2) is 4.39 Å². The van der Waals surface area contributed by atoms with Crippen molar-refractivity contribution in [3.8, 4) is 0 Å². The topological polar surface area (TPSA) is 52.0 Å². The fourth-order valence-corrected chi connectivity index (χ4v) is 1.43. The van der Waals surface area contributed by atoms with Crippen LogP contribution in [0.4, 0.5) is 4.39 Å². The van der Waals surface area contributed by atoms with E-state index in [-0.39, 0.29) is 24.3 Å². The van der Waals surface area contributed by atoms with Gasteiger partial charge in [0.1, 0.15) is 5.82 Å². The summed E-state index contributed by atoms with van der Waals surface area (Å²) in [5, 5.41) is 0. The Morgan fingerprint density at radius 3 is 2.60 bits per heavy atom. The van der Waals surface area contributed by atoms with E-state index in [1.165, 1.54) is 6.07 Å². The fourth-order valence-electron chi connectivity index (χ4n) is 1.43. The molecule has 0 saturated carbocycles. The van der Waals surface area contributed by atoms with Gasteiger partial charge in [-0.2, -0.15) is 0 Å². The van der Waals surface area contributed by atoms with Crippen LogP contribution in [0, 0.1) is 12.7 Å². The number of hydrogen-bond acceptors (Lipinski definition) is 2. The summed E-state index contributed by atoms with van der Waals surface area (Å²) in [5.74, 6) is -0.213. The molecule has 0 spiro atoms. The van der Waals surface area contributed by atoms with E-state index in [1.807, 2.05) is 13.0 Å². The number of benzene rings is 1. The summed E-state index contributed by atoms with van der Waals surface area (Å²) >= 11 is 0. The number of halogens is 2. The molecule has 0 heterocycles. The highest BCUT2D eigenvalue weighted by Crippen LogP contribution is 2.19. The zero-order valence-electron chi connectivity index (χ0n) is 8.87. The van der Waals surface area contributed by atoms with Crippen LogP contribution in [0.1, 0.15) is 30.0 Å². The summed E-state index contributed by atoms with van der Waals surface area (Å²) in [7, 11) is 0. The van der Waals surface area contributed by atoms with Gasteiger partial charge in [-0.05, 0) is 37.9 Å². The molecular formula is C11H18ClFN2. The van der Waals surface area contributed by atoms with E-state index in [2.05, 4.69) is 0 Å². The van der Waals surface area contributed by atoms with Crippen molar-refractivity contribution < 1.29 is 4.39 Å². The molecule has 0 aliphatic rings. The van der Waals surface area contributed by atoms with Crippen LogP contribution in [0.25, 0.3) is 0 Å². The summed E-state index contributed by atoms with van der Waals surface area (Å²) in [4.78, 5) is 0. The highest BCUT2D eigenvalue weighted by Gasteiger charge is 2.10. The molecule has 1 aromatic carbocycles. The van der Waals surface area contributed by atoms with Crippen molar-refractivity contribution in [2.24, 2.45) is 11.5 Å². The lowest BCUT2D eigenvalue weighted by Gasteiger charge is -2.12. The number of rotatable bonds is 4. The van der Waals surface area contributed by atoms with Gasteiger partial charge in [0.05, 0.1) is 0 Å². The first-order valence-corrected chi connectivity index (χ1v) is 4.87. The molecule has 15 heavy (non-hydrogen) atoms. The van der Waals surface area contributed by atoms with Crippen molar-refractivity contribution in [1.82, 2.24) is 0 Å². The van der Waals surface area contributed by atoms with Gasteiger partial charge in [0.2, 0.25) is 0 Å². The number of aryl methyl sites for hydroxylation is 1. The van der Waals surface area contributed by atoms with E-state index < -0.39 is 0 Å². The molecule has 0 amide bonds. The second kappa shape index (κ2) is 6.77. The summed E-state index contributed by atoms with van der Waals surface area (Å²) < 4.78 is 13.4. The molecule has 86 valence electrons. The van der Waals surface area contributed by atoms with Crippen LogP contribution in [-0.2, 0) is 0 Å². The average Bonchev–Trinajstić information content (AvgIpc) is 2.14. The Kier molecular flexibility index (Phi) is 6.48. The molecule has 1 atom stereocenters. The monoisotopic (exact) mass is 232 g/mol. The summed E-state index contributed by atoms with van der Waals surface area (Å²) in [6, 6.07) is 4.91. The Bertz CT molecular complexity index is 305. The predicted octanol–water partition coefficient (Wildman–Crippen LogP) is 2.29. The van der Waals surface area contributed by atoms with Gasteiger partial charge in [-0.1, -0.05) is 12.1 Å². The zero-order chi connectivity index (χ0) is 10.6. The smallest absolute Gasteiger partial charge is 0.128 e. The van der Waals surface area contributed by atoms with Crippen molar-refractivity contribution in [3.05, 3.63) is 35.1 Å². The van der Waals surface area contributed by atoms with E-state index in [0.717, 1.165) is 18.4 Å². The molecule has 0 aliphatic heterocycles. The van der Waals surface area contributed by atoms with E-state index in [9.17, 15) is 4.39 Å². The van der Waals surface area contributed by atoms with Crippen LogP contribution in [0.15, 0.2) is 18.2 Å². The summed E-state index contributed by atoms with van der Waals surface area (Å²) in [5.41, 5.74) is 12.7. The lowest BCUT2D eigenvalue weighted by molar-refractivity contribution is 0.552. The molecular weight excluding hydrogens is 215 g/mol. The molecule has 4 heteroatoms. The van der Waals surface area contributed by atoms with Crippen LogP contribution in [0.2, 0.25) is 0 Å². The predicted molar refractivity (Wildman–Crippen MR) is 63.6 cm³/mol. The van der Waals surface area contributed by atoms with Crippen molar-refractivity contribution in [1.29, 1.82) is 0 Å². The van der Waals surface area contributed by atoms with E-state index in [1.54, 1.807) is 6.07 Å². The second-order valence-electron chi connectivity index (χ2n) is 3.56. The molecule has 1 rings (SSSR count). The largest absolute Gasteiger partial charge is 0.330 e. The Hall–Kier alpha value is -0.640. The van der Waals surface area contributed by atoms with Gasteiger partial charge in [0.15, 0.2) is 0 Å².